The molecule has 6 nitrogen and oxygen atoms in total. The van der Waals surface area contributed by atoms with Crippen LogP contribution in [0.4, 0.5) is 26.3 Å². The molecule has 16 heteroatoms. The van der Waals surface area contributed by atoms with Crippen LogP contribution in [0.5, 0.6) is 0 Å². The summed E-state index contributed by atoms with van der Waals surface area (Å²) in [5, 5.41) is 0. The van der Waals surface area contributed by atoms with Gasteiger partial charge in [-0.05, 0) is 0 Å². The molecule has 0 saturated carbocycles. The average Bonchev–Trinajstić information content (AvgIpc) is 1.77. The molecule has 0 fully saturated rings. The summed E-state index contributed by atoms with van der Waals surface area (Å²) in [4.78, 5) is 0. The summed E-state index contributed by atoms with van der Waals surface area (Å²) in [6, 6.07) is 0. The van der Waals surface area contributed by atoms with Crippen molar-refractivity contribution in [3.63, 3.8) is 0 Å². The summed E-state index contributed by atoms with van der Waals surface area (Å²) in [6.45, 7) is 0. The number of rotatable bonds is 0. The molecule has 0 saturated heterocycles. The third-order valence-electron chi connectivity index (χ3n) is 0.567. The third kappa shape index (κ3) is 11.5. The third-order valence-corrected chi connectivity index (χ3v) is 1.70. The van der Waals surface area contributed by atoms with Gasteiger partial charge in [-0.1, -0.05) is 0 Å². The van der Waals surface area contributed by atoms with E-state index in [0.29, 0.717) is 0 Å². The van der Waals surface area contributed by atoms with E-state index in [2.05, 4.69) is 0 Å². The molecule has 0 heterocycles. The Morgan fingerprint density at radius 1 is 0.611 bits per heavy atom. The van der Waals surface area contributed by atoms with Crippen molar-refractivity contribution < 1.29 is 86.4 Å². The normalized spacial score (nSPS) is 12.4. The molecular formula is C2Cu2F6O6S2. The van der Waals surface area contributed by atoms with Gasteiger partial charge < -0.3 is 9.11 Å². The molecule has 0 aliphatic heterocycles. The van der Waals surface area contributed by atoms with Crippen LogP contribution in [-0.2, 0) is 54.4 Å². The summed E-state index contributed by atoms with van der Waals surface area (Å²) in [5.41, 5.74) is -11.3. The zero-order chi connectivity index (χ0) is 14.0. The minimum Gasteiger partial charge on any atom is -0.741 e. The number of hydrogen-bond acceptors (Lipinski definition) is 6. The first-order valence-electron chi connectivity index (χ1n) is 2.54. The fourth-order valence-electron chi connectivity index (χ4n) is 0. The van der Waals surface area contributed by atoms with Crippen molar-refractivity contribution >= 4 is 20.2 Å². The van der Waals surface area contributed by atoms with Crippen LogP contribution in [0.2, 0.25) is 0 Å². The van der Waals surface area contributed by atoms with Gasteiger partial charge in [0.1, 0.15) is 0 Å². The van der Waals surface area contributed by atoms with Gasteiger partial charge in [-0.15, -0.1) is 0 Å². The van der Waals surface area contributed by atoms with E-state index >= 15 is 0 Å². The van der Waals surface area contributed by atoms with E-state index in [1.54, 1.807) is 0 Å². The quantitative estimate of drug-likeness (QED) is 0.235. The van der Waals surface area contributed by atoms with Crippen LogP contribution in [0.1, 0.15) is 0 Å². The molecule has 0 aromatic heterocycles. The molecule has 0 unspecified atom stereocenters. The van der Waals surface area contributed by atoms with Gasteiger partial charge in [0.05, 0.1) is 0 Å². The van der Waals surface area contributed by atoms with Crippen molar-refractivity contribution in [2.75, 3.05) is 0 Å². The first-order chi connectivity index (χ1) is 6.50. The van der Waals surface area contributed by atoms with Crippen LogP contribution >= 0.6 is 0 Å². The summed E-state index contributed by atoms with van der Waals surface area (Å²) in [6.07, 6.45) is 0. The Morgan fingerprint density at radius 2 is 0.667 bits per heavy atom. The molecule has 0 atom stereocenters. The van der Waals surface area contributed by atoms with Crippen molar-refractivity contribution in [3.8, 4) is 0 Å². The maximum absolute atomic E-state index is 10.7. The predicted octanol–water partition coefficient (Wildman–Crippen LogP) is 0.0978. The Bertz CT molecular complexity index is 378. The standard InChI is InChI=1S/2CHF3O3S.2Cu/c2*2-1(3,4)8(5,6)7;;/h2*(H,5,6,7);;/q;;2*+1/p-2. The molecule has 0 amide bonds. The molecule has 18 heavy (non-hydrogen) atoms. The maximum Gasteiger partial charge on any atom is 1.00 e. The van der Waals surface area contributed by atoms with Crippen molar-refractivity contribution in [2.45, 2.75) is 11.0 Å². The van der Waals surface area contributed by atoms with E-state index in [0.717, 1.165) is 0 Å². The maximum atomic E-state index is 10.7. The Kier molecular flexibility index (Phi) is 11.8. The van der Waals surface area contributed by atoms with Crippen LogP contribution in [0.15, 0.2) is 0 Å². The van der Waals surface area contributed by atoms with Crippen LogP contribution in [0.25, 0.3) is 0 Å². The molecule has 0 bridgehead atoms. The van der Waals surface area contributed by atoms with Gasteiger partial charge in [0.15, 0.2) is 20.2 Å². The monoisotopic (exact) mass is 424 g/mol. The Hall–Kier alpha value is 0.439. The van der Waals surface area contributed by atoms with Gasteiger partial charge in [-0.3, -0.25) is 0 Å². The van der Waals surface area contributed by atoms with Crippen molar-refractivity contribution in [2.24, 2.45) is 0 Å². The topological polar surface area (TPSA) is 114 Å². The van der Waals surface area contributed by atoms with Gasteiger partial charge >= 0.3 is 45.2 Å². The molecule has 0 aromatic carbocycles. The van der Waals surface area contributed by atoms with E-state index in [-0.39, 0.29) is 34.1 Å². The molecule has 0 rings (SSSR count). The van der Waals surface area contributed by atoms with E-state index in [1.165, 1.54) is 0 Å². The second-order valence-electron chi connectivity index (χ2n) is 1.80. The summed E-state index contributed by atoms with van der Waals surface area (Å²) >= 11 is 0. The first-order valence-corrected chi connectivity index (χ1v) is 5.36. The number of alkyl halides is 6. The second-order valence-corrected chi connectivity index (χ2v) is 4.54. The van der Waals surface area contributed by atoms with E-state index < -0.39 is 31.3 Å². The minimum absolute atomic E-state index is 0. The van der Waals surface area contributed by atoms with Gasteiger partial charge in [-0.25, -0.2) is 16.8 Å². The average molecular weight is 425 g/mol. The Morgan fingerprint density at radius 3 is 0.667 bits per heavy atom. The minimum atomic E-state index is -6.09. The number of halogens is 6. The van der Waals surface area contributed by atoms with Crippen LogP contribution in [0, 0.1) is 0 Å². The summed E-state index contributed by atoms with van der Waals surface area (Å²) < 4.78 is 118. The van der Waals surface area contributed by atoms with Gasteiger partial charge in [0.2, 0.25) is 0 Å². The molecule has 0 aliphatic carbocycles. The SMILES string of the molecule is O=S(=O)([O-])C(F)(F)F.O=S(=O)([O-])C(F)(F)F.[Cu+].[Cu+]. The van der Waals surface area contributed by atoms with Crippen molar-refractivity contribution in [3.05, 3.63) is 0 Å². The van der Waals surface area contributed by atoms with E-state index in [4.69, 9.17) is 25.9 Å². The van der Waals surface area contributed by atoms with E-state index in [9.17, 15) is 26.3 Å². The molecule has 0 aliphatic rings. The Balaban J connectivity index is -0.0000000980. The van der Waals surface area contributed by atoms with Crippen molar-refractivity contribution in [1.29, 1.82) is 0 Å². The smallest absolute Gasteiger partial charge is 0.741 e. The summed E-state index contributed by atoms with van der Waals surface area (Å²) in [7, 11) is -12.2. The van der Waals surface area contributed by atoms with Gasteiger partial charge in [0, 0.05) is 0 Å². The van der Waals surface area contributed by atoms with Gasteiger partial charge in [0.25, 0.3) is 0 Å². The molecule has 0 N–H and O–H groups in total. The van der Waals surface area contributed by atoms with Crippen LogP contribution in [0.3, 0.4) is 0 Å². The zero-order valence-electron chi connectivity index (χ0n) is 7.14. The largest absolute Gasteiger partial charge is 1.00 e. The molecule has 0 spiro atoms. The Labute approximate surface area is 118 Å². The fourth-order valence-corrected chi connectivity index (χ4v) is 0. The predicted molar refractivity (Wildman–Crippen MR) is 31.5 cm³/mol. The van der Waals surface area contributed by atoms with Crippen molar-refractivity contribution in [1.82, 2.24) is 0 Å². The molecule has 0 radical (unpaired) electrons. The fraction of sp³-hybridized carbons (Fsp3) is 1.00. The van der Waals surface area contributed by atoms with E-state index in [1.807, 2.05) is 0 Å². The molecule has 0 aromatic rings. The summed E-state index contributed by atoms with van der Waals surface area (Å²) in [5.74, 6) is 0. The molecule has 120 valence electrons. The zero-order valence-corrected chi connectivity index (χ0v) is 10.7. The second kappa shape index (κ2) is 7.89. The van der Waals surface area contributed by atoms with Gasteiger partial charge in [-0.2, -0.15) is 26.3 Å². The van der Waals surface area contributed by atoms with Crippen LogP contribution in [-0.4, -0.2) is 37.0 Å². The van der Waals surface area contributed by atoms with Crippen LogP contribution < -0.4 is 0 Å². The number of hydrogen-bond donors (Lipinski definition) is 0. The first kappa shape index (κ1) is 26.9. The molecular weight excluding hydrogens is 425 g/mol.